The van der Waals surface area contributed by atoms with E-state index in [9.17, 15) is 18.0 Å². The molecule has 0 aromatic carbocycles. The second-order valence-corrected chi connectivity index (χ2v) is 7.88. The Morgan fingerprint density at radius 2 is 1.88 bits per heavy atom. The Morgan fingerprint density at radius 3 is 2.36 bits per heavy atom. The van der Waals surface area contributed by atoms with E-state index in [1.54, 1.807) is 25.7 Å². The van der Waals surface area contributed by atoms with Crippen LogP contribution in [-0.4, -0.2) is 34.7 Å². The van der Waals surface area contributed by atoms with Crippen molar-refractivity contribution < 1.29 is 22.7 Å². The minimum absolute atomic E-state index is 0.180. The van der Waals surface area contributed by atoms with Crippen LogP contribution in [0.3, 0.4) is 0 Å². The Bertz CT molecular complexity index is 651. The highest BCUT2D eigenvalue weighted by atomic mass is 79.9. The van der Waals surface area contributed by atoms with Crippen LogP contribution in [-0.2, 0) is 10.9 Å². The molecule has 0 saturated carbocycles. The van der Waals surface area contributed by atoms with Crippen molar-refractivity contribution in [3.63, 3.8) is 0 Å². The number of likely N-dealkylation sites (tertiary alicyclic amines) is 1. The van der Waals surface area contributed by atoms with Gasteiger partial charge in [0.1, 0.15) is 11.3 Å². The highest BCUT2D eigenvalue weighted by molar-refractivity contribution is 9.10. The van der Waals surface area contributed by atoms with Crippen molar-refractivity contribution in [2.45, 2.75) is 51.3 Å². The van der Waals surface area contributed by atoms with Gasteiger partial charge < -0.3 is 15.4 Å². The van der Waals surface area contributed by atoms with Gasteiger partial charge >= 0.3 is 12.3 Å². The maximum absolute atomic E-state index is 13.0. The van der Waals surface area contributed by atoms with Gasteiger partial charge in [0.2, 0.25) is 0 Å². The molecular weight excluding hydrogens is 403 g/mol. The summed E-state index contributed by atoms with van der Waals surface area (Å²) in [5, 5.41) is 0. The van der Waals surface area contributed by atoms with Crippen LogP contribution in [0.2, 0.25) is 0 Å². The quantitative estimate of drug-likeness (QED) is 0.718. The van der Waals surface area contributed by atoms with E-state index >= 15 is 0 Å². The summed E-state index contributed by atoms with van der Waals surface area (Å²) in [4.78, 5) is 17.4. The number of nitrogen functional groups attached to an aromatic ring is 1. The third-order valence-corrected chi connectivity index (χ3v) is 4.52. The van der Waals surface area contributed by atoms with Crippen molar-refractivity contribution in [2.75, 3.05) is 18.8 Å². The summed E-state index contributed by atoms with van der Waals surface area (Å²) >= 11 is 3.07. The summed E-state index contributed by atoms with van der Waals surface area (Å²) in [6, 6.07) is 0.884. The number of hydrogen-bond acceptors (Lipinski definition) is 4. The zero-order valence-electron chi connectivity index (χ0n) is 14.3. The first-order chi connectivity index (χ1) is 11.4. The monoisotopic (exact) mass is 423 g/mol. The molecule has 1 saturated heterocycles. The van der Waals surface area contributed by atoms with Crippen LogP contribution in [0.1, 0.15) is 50.9 Å². The zero-order valence-corrected chi connectivity index (χ0v) is 15.9. The van der Waals surface area contributed by atoms with E-state index in [4.69, 9.17) is 10.5 Å². The lowest BCUT2D eigenvalue weighted by Gasteiger charge is -2.33. The molecule has 1 aliphatic rings. The molecule has 0 radical (unpaired) electrons. The molecule has 1 aromatic heterocycles. The first-order valence-corrected chi connectivity index (χ1v) is 8.69. The molecule has 0 unspecified atom stereocenters. The lowest BCUT2D eigenvalue weighted by molar-refractivity contribution is -0.141. The van der Waals surface area contributed by atoms with E-state index < -0.39 is 23.6 Å². The van der Waals surface area contributed by atoms with Crippen molar-refractivity contribution in [3.8, 4) is 0 Å². The van der Waals surface area contributed by atoms with E-state index in [1.165, 1.54) is 0 Å². The van der Waals surface area contributed by atoms with Gasteiger partial charge in [0.25, 0.3) is 0 Å². The number of pyridine rings is 1. The molecule has 0 spiro atoms. The largest absolute Gasteiger partial charge is 0.444 e. The van der Waals surface area contributed by atoms with Crippen LogP contribution >= 0.6 is 15.9 Å². The average molecular weight is 424 g/mol. The molecule has 2 N–H and O–H groups in total. The fourth-order valence-corrected chi connectivity index (χ4v) is 3.08. The van der Waals surface area contributed by atoms with E-state index in [1.807, 2.05) is 0 Å². The Hall–Kier alpha value is -1.51. The maximum atomic E-state index is 13.0. The molecule has 9 heteroatoms. The van der Waals surface area contributed by atoms with Gasteiger partial charge in [-0.1, -0.05) is 0 Å². The van der Waals surface area contributed by atoms with Gasteiger partial charge in [-0.05, 0) is 55.6 Å². The fourth-order valence-electron chi connectivity index (χ4n) is 2.66. The number of ether oxygens (including phenoxy) is 1. The number of halogens is 4. The molecule has 5 nitrogen and oxygen atoms in total. The SMILES string of the molecule is CC(C)(C)OC(=O)N1CCC(c2nc(C(F)(F)F)cc(Br)c2N)CC1. The number of rotatable bonds is 1. The molecule has 1 amide bonds. The molecular formula is C16H21BrF3N3O2. The van der Waals surface area contributed by atoms with Gasteiger partial charge in [-0.3, -0.25) is 0 Å². The van der Waals surface area contributed by atoms with Gasteiger partial charge in [0, 0.05) is 23.5 Å². The number of nitrogens with two attached hydrogens (primary N) is 1. The van der Waals surface area contributed by atoms with Crippen LogP contribution in [0.15, 0.2) is 10.5 Å². The van der Waals surface area contributed by atoms with Crippen molar-refractivity contribution >= 4 is 27.7 Å². The van der Waals surface area contributed by atoms with Crippen LogP contribution in [0.4, 0.5) is 23.7 Å². The Balaban J connectivity index is 2.13. The normalized spacial score (nSPS) is 16.8. The van der Waals surface area contributed by atoms with Gasteiger partial charge in [0.15, 0.2) is 0 Å². The number of alkyl halides is 3. The van der Waals surface area contributed by atoms with E-state index in [0.29, 0.717) is 25.9 Å². The molecule has 2 rings (SSSR count). The second-order valence-electron chi connectivity index (χ2n) is 7.03. The summed E-state index contributed by atoms with van der Waals surface area (Å²) in [7, 11) is 0. The number of piperidine rings is 1. The number of aromatic nitrogens is 1. The standard InChI is InChI=1S/C16H21BrF3N3O2/c1-15(2,3)25-14(24)23-6-4-9(5-7-23)13-12(21)10(17)8-11(22-13)16(18,19)20/h8-9H,4-7,21H2,1-3H3. The third kappa shape index (κ3) is 4.99. The number of carbonyl (C=O) groups excluding carboxylic acids is 1. The molecule has 1 aliphatic heterocycles. The molecule has 0 atom stereocenters. The summed E-state index contributed by atoms with van der Waals surface area (Å²) < 4.78 is 44.4. The summed E-state index contributed by atoms with van der Waals surface area (Å²) in [6.45, 7) is 6.11. The number of amides is 1. The molecule has 0 bridgehead atoms. The summed E-state index contributed by atoms with van der Waals surface area (Å²) in [6.07, 6.45) is -4.01. The first-order valence-electron chi connectivity index (χ1n) is 7.89. The van der Waals surface area contributed by atoms with Crippen molar-refractivity contribution in [3.05, 3.63) is 21.9 Å². The molecule has 25 heavy (non-hydrogen) atoms. The number of hydrogen-bond donors (Lipinski definition) is 1. The Labute approximate surface area is 152 Å². The molecule has 1 fully saturated rings. The van der Waals surface area contributed by atoms with E-state index in [-0.39, 0.29) is 21.8 Å². The fraction of sp³-hybridized carbons (Fsp3) is 0.625. The highest BCUT2D eigenvalue weighted by Crippen LogP contribution is 2.38. The smallest absolute Gasteiger partial charge is 0.433 e. The predicted molar refractivity (Wildman–Crippen MR) is 91.1 cm³/mol. The zero-order chi connectivity index (χ0) is 19.0. The van der Waals surface area contributed by atoms with Gasteiger partial charge in [0.05, 0.1) is 11.4 Å². The van der Waals surface area contributed by atoms with Crippen molar-refractivity contribution in [1.29, 1.82) is 0 Å². The van der Waals surface area contributed by atoms with Gasteiger partial charge in [-0.25, -0.2) is 9.78 Å². The summed E-state index contributed by atoms with van der Waals surface area (Å²) in [5.74, 6) is -0.239. The average Bonchev–Trinajstić information content (AvgIpc) is 2.47. The minimum atomic E-state index is -4.54. The van der Waals surface area contributed by atoms with E-state index in [2.05, 4.69) is 20.9 Å². The molecule has 140 valence electrons. The second kappa shape index (κ2) is 7.01. The van der Waals surface area contributed by atoms with E-state index in [0.717, 1.165) is 6.07 Å². The van der Waals surface area contributed by atoms with Crippen LogP contribution < -0.4 is 5.73 Å². The van der Waals surface area contributed by atoms with Crippen molar-refractivity contribution in [2.24, 2.45) is 0 Å². The number of anilines is 1. The third-order valence-electron chi connectivity index (χ3n) is 3.86. The molecule has 0 aliphatic carbocycles. The minimum Gasteiger partial charge on any atom is -0.444 e. The summed E-state index contributed by atoms with van der Waals surface area (Å²) in [5.41, 5.74) is 4.80. The topological polar surface area (TPSA) is 68.5 Å². The highest BCUT2D eigenvalue weighted by Gasteiger charge is 2.36. The number of nitrogens with zero attached hydrogens (tertiary/aromatic N) is 2. The van der Waals surface area contributed by atoms with Crippen LogP contribution in [0.25, 0.3) is 0 Å². The lowest BCUT2D eigenvalue weighted by atomic mass is 9.92. The maximum Gasteiger partial charge on any atom is 0.433 e. The van der Waals surface area contributed by atoms with Gasteiger partial charge in [-0.2, -0.15) is 13.2 Å². The predicted octanol–water partition coefficient (Wildman–Crippen LogP) is 4.56. The van der Waals surface area contributed by atoms with Crippen LogP contribution in [0.5, 0.6) is 0 Å². The number of carbonyl (C=O) groups is 1. The van der Waals surface area contributed by atoms with Gasteiger partial charge in [-0.15, -0.1) is 0 Å². The lowest BCUT2D eigenvalue weighted by Crippen LogP contribution is -2.41. The molecule has 1 aromatic rings. The Kier molecular flexibility index (Phi) is 5.56. The first kappa shape index (κ1) is 19.8. The molecule has 2 heterocycles. The van der Waals surface area contributed by atoms with Crippen LogP contribution in [0, 0.1) is 0 Å². The van der Waals surface area contributed by atoms with Crippen molar-refractivity contribution in [1.82, 2.24) is 9.88 Å². The Morgan fingerprint density at radius 1 is 1.32 bits per heavy atom.